The van der Waals surface area contributed by atoms with Gasteiger partial charge in [-0.1, -0.05) is 0 Å². The summed E-state index contributed by atoms with van der Waals surface area (Å²) in [5.41, 5.74) is 8.82. The van der Waals surface area contributed by atoms with Gasteiger partial charge < -0.3 is 19.2 Å². The molecule has 3 aromatic rings. The van der Waals surface area contributed by atoms with E-state index in [4.69, 9.17) is 13.9 Å². The molecule has 0 unspecified atom stereocenters. The van der Waals surface area contributed by atoms with Gasteiger partial charge in [-0.2, -0.15) is 0 Å². The van der Waals surface area contributed by atoms with Crippen molar-refractivity contribution in [2.75, 3.05) is 20.8 Å². The van der Waals surface area contributed by atoms with E-state index in [2.05, 4.69) is 39.9 Å². The Labute approximate surface area is 190 Å². The van der Waals surface area contributed by atoms with E-state index in [0.717, 1.165) is 22.8 Å². The molecule has 0 aliphatic carbocycles. The van der Waals surface area contributed by atoms with Crippen molar-refractivity contribution in [3.63, 3.8) is 0 Å². The second kappa shape index (κ2) is 9.94. The summed E-state index contributed by atoms with van der Waals surface area (Å²) in [7, 11) is 3.26. The van der Waals surface area contributed by atoms with Crippen molar-refractivity contribution in [1.29, 1.82) is 0 Å². The molecule has 0 saturated carbocycles. The van der Waals surface area contributed by atoms with Gasteiger partial charge >= 0.3 is 0 Å². The topological polar surface area (TPSA) is 60.7 Å². The second-order valence-corrected chi connectivity index (χ2v) is 8.23. The van der Waals surface area contributed by atoms with E-state index in [1.165, 1.54) is 33.4 Å². The van der Waals surface area contributed by atoms with Crippen LogP contribution in [0.5, 0.6) is 11.5 Å². The van der Waals surface area contributed by atoms with E-state index < -0.39 is 0 Å². The number of carbonyl (C=O) groups excluding carboxylic acids is 1. The molecule has 0 spiro atoms. The monoisotopic (exact) mass is 435 g/mol. The van der Waals surface area contributed by atoms with E-state index in [9.17, 15) is 4.79 Å². The summed E-state index contributed by atoms with van der Waals surface area (Å²) in [6.45, 7) is 11.3. The van der Waals surface area contributed by atoms with Crippen LogP contribution in [0.25, 0.3) is 0 Å². The lowest BCUT2D eigenvalue weighted by Gasteiger charge is -2.18. The molecule has 1 aromatic heterocycles. The Morgan fingerprint density at radius 2 is 1.53 bits per heavy atom. The summed E-state index contributed by atoms with van der Waals surface area (Å²) in [6, 6.07) is 9.28. The Hall–Kier alpha value is -3.21. The largest absolute Gasteiger partial charge is 0.497 e. The molecule has 5 heteroatoms. The SMILES string of the molecule is COc1ccc(OC)c(CCNC(=O)c2ccc(Cc3c(C)c(C)c(C)c(C)c3C)o2)c1. The Morgan fingerprint density at radius 1 is 0.875 bits per heavy atom. The van der Waals surface area contributed by atoms with Crippen molar-refractivity contribution in [3.05, 3.63) is 80.8 Å². The minimum absolute atomic E-state index is 0.220. The van der Waals surface area contributed by atoms with Gasteiger partial charge in [0, 0.05) is 13.0 Å². The molecule has 5 nitrogen and oxygen atoms in total. The number of amides is 1. The maximum atomic E-state index is 12.6. The quantitative estimate of drug-likeness (QED) is 0.514. The number of carbonyl (C=O) groups is 1. The van der Waals surface area contributed by atoms with Crippen LogP contribution in [-0.4, -0.2) is 26.7 Å². The first kappa shape index (κ1) is 23.5. The van der Waals surface area contributed by atoms with Crippen LogP contribution >= 0.6 is 0 Å². The Bertz CT molecular complexity index is 1100. The van der Waals surface area contributed by atoms with Gasteiger partial charge in [0.25, 0.3) is 5.91 Å². The van der Waals surface area contributed by atoms with E-state index in [-0.39, 0.29) is 5.91 Å². The van der Waals surface area contributed by atoms with Crippen LogP contribution in [0, 0.1) is 34.6 Å². The predicted molar refractivity (Wildman–Crippen MR) is 127 cm³/mol. The second-order valence-electron chi connectivity index (χ2n) is 8.23. The predicted octanol–water partition coefficient (Wildman–Crippen LogP) is 5.40. The molecule has 2 aromatic carbocycles. The molecule has 1 amide bonds. The Morgan fingerprint density at radius 3 is 2.16 bits per heavy atom. The highest BCUT2D eigenvalue weighted by Gasteiger charge is 2.16. The number of methoxy groups -OCH3 is 2. The van der Waals surface area contributed by atoms with Crippen LogP contribution < -0.4 is 14.8 Å². The van der Waals surface area contributed by atoms with Crippen LogP contribution in [0.1, 0.15) is 55.3 Å². The van der Waals surface area contributed by atoms with Crippen molar-refractivity contribution < 1.29 is 18.7 Å². The third-order valence-corrected chi connectivity index (χ3v) is 6.56. The molecule has 0 fully saturated rings. The molecule has 1 heterocycles. The lowest BCUT2D eigenvalue weighted by atomic mass is 9.88. The first-order valence-electron chi connectivity index (χ1n) is 10.9. The smallest absolute Gasteiger partial charge is 0.287 e. The fourth-order valence-corrected chi connectivity index (χ4v) is 4.09. The summed E-state index contributed by atoms with van der Waals surface area (Å²) >= 11 is 0. The summed E-state index contributed by atoms with van der Waals surface area (Å²) < 4.78 is 16.6. The number of ether oxygens (including phenoxy) is 2. The van der Waals surface area contributed by atoms with Gasteiger partial charge in [-0.3, -0.25) is 4.79 Å². The number of nitrogens with one attached hydrogen (secondary N) is 1. The molecular weight excluding hydrogens is 402 g/mol. The molecule has 0 bridgehead atoms. The molecule has 0 aliphatic heterocycles. The van der Waals surface area contributed by atoms with E-state index in [1.54, 1.807) is 20.3 Å². The van der Waals surface area contributed by atoms with Crippen molar-refractivity contribution >= 4 is 5.91 Å². The molecule has 0 atom stereocenters. The van der Waals surface area contributed by atoms with Gasteiger partial charge in [-0.15, -0.1) is 0 Å². The van der Waals surface area contributed by atoms with Crippen molar-refractivity contribution in [1.82, 2.24) is 5.32 Å². The maximum absolute atomic E-state index is 12.6. The molecular formula is C27H33NO4. The zero-order chi connectivity index (χ0) is 23.4. The molecule has 1 N–H and O–H groups in total. The number of hydrogen-bond acceptors (Lipinski definition) is 4. The van der Waals surface area contributed by atoms with Gasteiger partial charge in [-0.05, 0) is 110 Å². The summed E-state index contributed by atoms with van der Waals surface area (Å²) in [6.07, 6.45) is 1.30. The Balaban J connectivity index is 1.66. The highest BCUT2D eigenvalue weighted by atomic mass is 16.5. The van der Waals surface area contributed by atoms with Crippen molar-refractivity contribution in [3.8, 4) is 11.5 Å². The highest BCUT2D eigenvalue weighted by Crippen LogP contribution is 2.28. The van der Waals surface area contributed by atoms with Crippen LogP contribution in [-0.2, 0) is 12.8 Å². The summed E-state index contributed by atoms with van der Waals surface area (Å²) in [5.74, 6) is 2.43. The van der Waals surface area contributed by atoms with Gasteiger partial charge in [0.05, 0.1) is 14.2 Å². The zero-order valence-electron chi connectivity index (χ0n) is 20.1. The van der Waals surface area contributed by atoms with E-state index in [1.807, 2.05) is 24.3 Å². The van der Waals surface area contributed by atoms with Crippen LogP contribution in [0.15, 0.2) is 34.7 Å². The molecule has 170 valence electrons. The Kier molecular flexibility index (Phi) is 7.29. The van der Waals surface area contributed by atoms with Crippen molar-refractivity contribution in [2.24, 2.45) is 0 Å². The first-order valence-corrected chi connectivity index (χ1v) is 10.9. The van der Waals surface area contributed by atoms with Crippen LogP contribution in [0.4, 0.5) is 0 Å². The van der Waals surface area contributed by atoms with Gasteiger partial charge in [-0.25, -0.2) is 0 Å². The minimum Gasteiger partial charge on any atom is -0.497 e. The lowest BCUT2D eigenvalue weighted by molar-refractivity contribution is 0.0924. The average Bonchev–Trinajstić information content (AvgIpc) is 3.28. The number of furan rings is 1. The standard InChI is InChI=1S/C27H33NO4/c1-16-17(2)19(4)24(20(5)18(16)3)15-23-9-11-26(32-23)27(29)28-13-12-21-14-22(30-6)8-10-25(21)31-7/h8-11,14H,12-13,15H2,1-7H3,(H,28,29). The van der Waals surface area contributed by atoms with Gasteiger partial charge in [0.15, 0.2) is 5.76 Å². The lowest BCUT2D eigenvalue weighted by Crippen LogP contribution is -2.25. The highest BCUT2D eigenvalue weighted by molar-refractivity contribution is 5.91. The molecule has 0 saturated heterocycles. The third-order valence-electron chi connectivity index (χ3n) is 6.56. The van der Waals surface area contributed by atoms with Crippen LogP contribution in [0.3, 0.4) is 0 Å². The molecule has 0 aliphatic rings. The number of hydrogen-bond donors (Lipinski definition) is 1. The summed E-state index contributed by atoms with van der Waals surface area (Å²) in [4.78, 5) is 12.6. The fraction of sp³-hybridized carbons (Fsp3) is 0.370. The van der Waals surface area contributed by atoms with E-state index in [0.29, 0.717) is 25.1 Å². The third kappa shape index (κ3) is 4.82. The minimum atomic E-state index is -0.220. The van der Waals surface area contributed by atoms with Gasteiger partial charge in [0.1, 0.15) is 17.3 Å². The maximum Gasteiger partial charge on any atom is 0.287 e. The fourth-order valence-electron chi connectivity index (χ4n) is 4.09. The first-order chi connectivity index (χ1) is 15.3. The number of rotatable bonds is 8. The summed E-state index contributed by atoms with van der Waals surface area (Å²) in [5, 5.41) is 2.93. The van der Waals surface area contributed by atoms with Gasteiger partial charge in [0.2, 0.25) is 0 Å². The van der Waals surface area contributed by atoms with E-state index >= 15 is 0 Å². The van der Waals surface area contributed by atoms with Crippen LogP contribution in [0.2, 0.25) is 0 Å². The number of benzene rings is 2. The normalized spacial score (nSPS) is 10.8. The molecule has 0 radical (unpaired) electrons. The van der Waals surface area contributed by atoms with Crippen molar-refractivity contribution in [2.45, 2.75) is 47.5 Å². The zero-order valence-corrected chi connectivity index (χ0v) is 20.1. The average molecular weight is 436 g/mol. The molecule has 3 rings (SSSR count). The molecule has 32 heavy (non-hydrogen) atoms.